The maximum Gasteiger partial charge on any atom is 0.263 e. The second-order valence-electron chi connectivity index (χ2n) is 8.24. The number of nitrogens with zero attached hydrogens (tertiary/aromatic N) is 1. The first-order valence-corrected chi connectivity index (χ1v) is 12.3. The number of nitrogens with two attached hydrogens (primary N) is 1. The highest BCUT2D eigenvalue weighted by Crippen LogP contribution is 2.26. The van der Waals surface area contributed by atoms with Crippen LogP contribution in [0.15, 0.2) is 36.5 Å². The van der Waals surface area contributed by atoms with Crippen LogP contribution in [-0.4, -0.2) is 80.7 Å². The lowest BCUT2D eigenvalue weighted by atomic mass is 10.1. The van der Waals surface area contributed by atoms with Crippen LogP contribution >= 0.6 is 11.3 Å². The van der Waals surface area contributed by atoms with Crippen molar-refractivity contribution >= 4 is 34.8 Å². The molecule has 3 amide bonds. The summed E-state index contributed by atoms with van der Waals surface area (Å²) in [4.78, 5) is 49.4. The molecule has 2 atom stereocenters. The van der Waals surface area contributed by atoms with Crippen molar-refractivity contribution in [3.63, 3.8) is 0 Å². The zero-order valence-electron chi connectivity index (χ0n) is 21.9. The second kappa shape index (κ2) is 16.5. The predicted molar refractivity (Wildman–Crippen MR) is 139 cm³/mol. The number of methoxy groups -OCH3 is 2. The number of ketones is 1. The number of carbonyl (C=O) groups is 4. The zero-order chi connectivity index (χ0) is 27.8. The minimum absolute atomic E-state index is 0.0407. The molecule has 1 aromatic heterocycles. The van der Waals surface area contributed by atoms with Crippen LogP contribution in [-0.2, 0) is 28.6 Å². The Morgan fingerprint density at radius 3 is 2.24 bits per heavy atom. The van der Waals surface area contributed by atoms with Crippen molar-refractivity contribution in [3.8, 4) is 0 Å². The number of Topliss-reactive ketones (excluding diaryl/α,β-unsaturated/α-hetero) is 1. The Kier molecular flexibility index (Phi) is 14.2. The third-order valence-electron chi connectivity index (χ3n) is 4.91. The number of aryl methyl sites for hydroxylation is 2. The predicted octanol–water partition coefficient (Wildman–Crippen LogP) is 1.17. The highest BCUT2D eigenvalue weighted by Gasteiger charge is 2.46. The fourth-order valence-corrected chi connectivity index (χ4v) is 3.19. The molecule has 1 aliphatic rings. The van der Waals surface area contributed by atoms with E-state index in [4.69, 9.17) is 19.9 Å². The molecule has 1 fully saturated rings. The first kappa shape index (κ1) is 31.8. The number of amides is 3. The summed E-state index contributed by atoms with van der Waals surface area (Å²) in [7, 11) is 2.95. The molecule has 204 valence electrons. The van der Waals surface area contributed by atoms with Crippen molar-refractivity contribution in [3.05, 3.63) is 52.0 Å². The molecule has 1 aliphatic heterocycles. The Morgan fingerprint density at radius 1 is 1.16 bits per heavy atom. The molecule has 0 spiro atoms. The van der Waals surface area contributed by atoms with E-state index >= 15 is 0 Å². The number of primary amides is 1. The molecule has 2 heterocycles. The lowest BCUT2D eigenvalue weighted by Gasteiger charge is -2.13. The molecular weight excluding hydrogens is 500 g/mol. The van der Waals surface area contributed by atoms with Gasteiger partial charge in [0.25, 0.3) is 5.91 Å². The van der Waals surface area contributed by atoms with Crippen LogP contribution in [0.5, 0.6) is 0 Å². The summed E-state index contributed by atoms with van der Waals surface area (Å²) in [6.07, 6.45) is 1.74. The van der Waals surface area contributed by atoms with Crippen LogP contribution in [0.2, 0.25) is 0 Å². The summed E-state index contributed by atoms with van der Waals surface area (Å²) in [5, 5.41) is 5.78. The summed E-state index contributed by atoms with van der Waals surface area (Å²) in [5.74, 6) is -1.25. The molecule has 2 unspecified atom stereocenters. The van der Waals surface area contributed by atoms with E-state index in [1.54, 1.807) is 13.8 Å². The van der Waals surface area contributed by atoms with Crippen molar-refractivity contribution in [2.75, 3.05) is 40.6 Å². The number of nitrogens with one attached hydrogen (secondary N) is 2. The molecule has 3 rings (SSSR count). The lowest BCUT2D eigenvalue weighted by Crippen LogP contribution is -2.47. The molecule has 0 aliphatic carbocycles. The van der Waals surface area contributed by atoms with Crippen molar-refractivity contribution in [2.24, 2.45) is 5.73 Å². The average Bonchev–Trinajstić information content (AvgIpc) is 3.47. The zero-order valence-corrected chi connectivity index (χ0v) is 22.7. The highest BCUT2D eigenvalue weighted by molar-refractivity contribution is 7.13. The Bertz CT molecular complexity index is 1010. The van der Waals surface area contributed by atoms with Gasteiger partial charge in [0.05, 0.1) is 37.6 Å². The molecule has 1 saturated heterocycles. The normalized spacial score (nSPS) is 16.1. The second-order valence-corrected chi connectivity index (χ2v) is 9.48. The van der Waals surface area contributed by atoms with Crippen LogP contribution in [0.3, 0.4) is 0 Å². The van der Waals surface area contributed by atoms with Crippen LogP contribution in [0.25, 0.3) is 0 Å². The molecule has 12 heteroatoms. The molecule has 0 radical (unpaired) electrons. The van der Waals surface area contributed by atoms with Crippen molar-refractivity contribution in [1.29, 1.82) is 0 Å². The van der Waals surface area contributed by atoms with Gasteiger partial charge in [-0.25, -0.2) is 4.98 Å². The SMILES string of the molecule is COCC(NC(=O)c1cnc(C)s1)C(N)=O.COCCC(=O)NCC(=O)C1(C)CO1.Cc1ccccc1. The number of hydrogen-bond donors (Lipinski definition) is 3. The first-order chi connectivity index (χ1) is 17.5. The lowest BCUT2D eigenvalue weighted by molar-refractivity contribution is -0.127. The van der Waals surface area contributed by atoms with E-state index in [2.05, 4.69) is 34.7 Å². The van der Waals surface area contributed by atoms with Crippen molar-refractivity contribution < 1.29 is 33.4 Å². The number of benzene rings is 1. The number of aromatic nitrogens is 1. The molecule has 0 saturated carbocycles. The van der Waals surface area contributed by atoms with E-state index in [-0.39, 0.29) is 37.2 Å². The third kappa shape index (κ3) is 13.1. The number of thiazole rings is 1. The van der Waals surface area contributed by atoms with E-state index in [1.165, 1.54) is 37.3 Å². The van der Waals surface area contributed by atoms with Gasteiger partial charge in [0, 0.05) is 20.6 Å². The van der Waals surface area contributed by atoms with Crippen LogP contribution in [0.4, 0.5) is 0 Å². The minimum Gasteiger partial charge on any atom is -0.384 e. The van der Waals surface area contributed by atoms with Gasteiger partial charge in [-0.2, -0.15) is 0 Å². The topological polar surface area (TPSA) is 162 Å². The molecule has 2 aromatic rings. The smallest absolute Gasteiger partial charge is 0.263 e. The summed E-state index contributed by atoms with van der Waals surface area (Å²) in [6, 6.07) is 9.44. The number of ether oxygens (including phenoxy) is 3. The Balaban J connectivity index is 0.000000297. The fraction of sp³-hybridized carbons (Fsp3) is 0.480. The fourth-order valence-electron chi connectivity index (χ4n) is 2.51. The van der Waals surface area contributed by atoms with E-state index in [0.29, 0.717) is 18.1 Å². The number of hydrogen-bond acceptors (Lipinski definition) is 9. The van der Waals surface area contributed by atoms with Gasteiger partial charge in [-0.1, -0.05) is 35.9 Å². The monoisotopic (exact) mass is 536 g/mol. The van der Waals surface area contributed by atoms with Gasteiger partial charge in [-0.3, -0.25) is 19.2 Å². The maximum absolute atomic E-state index is 11.6. The van der Waals surface area contributed by atoms with Gasteiger partial charge in [-0.05, 0) is 20.8 Å². The Hall–Kier alpha value is -3.19. The summed E-state index contributed by atoms with van der Waals surface area (Å²) < 4.78 is 14.5. The molecule has 37 heavy (non-hydrogen) atoms. The highest BCUT2D eigenvalue weighted by atomic mass is 32.1. The number of carbonyl (C=O) groups excluding carboxylic acids is 4. The summed E-state index contributed by atoms with van der Waals surface area (Å²) in [5.41, 5.74) is 5.79. The van der Waals surface area contributed by atoms with E-state index in [0.717, 1.165) is 5.01 Å². The standard InChI is InChI=1S/C9H13N3O3S.C9H15NO4.C7H8/c1-5-11-3-7(16-5)9(14)12-6(4-15-2)8(10)13;1-9(6-14-9)7(11)5-10-8(12)3-4-13-2;1-7-5-3-2-4-6-7/h3,6H,4H2,1-2H3,(H2,10,13)(H,12,14);3-6H2,1-2H3,(H,10,12);2-6H,1H3. The molecule has 0 bridgehead atoms. The minimum atomic E-state index is -0.820. The Morgan fingerprint density at radius 2 is 1.81 bits per heavy atom. The van der Waals surface area contributed by atoms with Crippen LogP contribution in [0, 0.1) is 13.8 Å². The van der Waals surface area contributed by atoms with Gasteiger partial charge in [0.2, 0.25) is 11.8 Å². The van der Waals surface area contributed by atoms with Gasteiger partial charge in [0.1, 0.15) is 16.5 Å². The van der Waals surface area contributed by atoms with E-state index in [1.807, 2.05) is 18.2 Å². The molecule has 4 N–H and O–H groups in total. The van der Waals surface area contributed by atoms with Crippen molar-refractivity contribution in [1.82, 2.24) is 15.6 Å². The van der Waals surface area contributed by atoms with E-state index < -0.39 is 17.6 Å². The number of epoxide rings is 1. The molecule has 11 nitrogen and oxygen atoms in total. The van der Waals surface area contributed by atoms with Gasteiger partial charge < -0.3 is 30.6 Å². The van der Waals surface area contributed by atoms with Crippen LogP contribution in [0.1, 0.15) is 33.6 Å². The number of rotatable bonds is 11. The Labute approximate surface area is 221 Å². The average molecular weight is 537 g/mol. The van der Waals surface area contributed by atoms with Gasteiger partial charge in [-0.15, -0.1) is 11.3 Å². The summed E-state index contributed by atoms with van der Waals surface area (Å²) in [6.45, 7) is 6.52. The maximum atomic E-state index is 11.6. The van der Waals surface area contributed by atoms with Crippen LogP contribution < -0.4 is 16.4 Å². The quantitative estimate of drug-likeness (QED) is 0.361. The third-order valence-corrected chi connectivity index (χ3v) is 5.83. The van der Waals surface area contributed by atoms with Gasteiger partial charge >= 0.3 is 0 Å². The largest absolute Gasteiger partial charge is 0.384 e. The molecular formula is C25H36N4O7S. The van der Waals surface area contributed by atoms with Gasteiger partial charge in [0.15, 0.2) is 5.78 Å². The van der Waals surface area contributed by atoms with E-state index in [9.17, 15) is 19.2 Å². The van der Waals surface area contributed by atoms with Crippen molar-refractivity contribution in [2.45, 2.75) is 38.8 Å². The molecule has 1 aromatic carbocycles. The summed E-state index contributed by atoms with van der Waals surface area (Å²) >= 11 is 1.25. The first-order valence-electron chi connectivity index (χ1n) is 11.5.